The highest BCUT2D eigenvalue weighted by molar-refractivity contribution is 8.15. The minimum atomic E-state index is -1.04. The first-order valence-electron chi connectivity index (χ1n) is 9.11. The largest absolute Gasteiger partial charge is 0.493 e. The first kappa shape index (κ1) is 21.4. The second-order valence-electron chi connectivity index (χ2n) is 6.53. The lowest BCUT2D eigenvalue weighted by Crippen LogP contribution is -2.26. The van der Waals surface area contributed by atoms with Gasteiger partial charge in [0, 0.05) is 0 Å². The molecule has 0 bridgehead atoms. The Hall–Kier alpha value is -3.33. The quantitative estimate of drug-likeness (QED) is 0.495. The van der Waals surface area contributed by atoms with E-state index >= 15 is 0 Å². The van der Waals surface area contributed by atoms with Crippen molar-refractivity contribution in [1.82, 2.24) is 5.32 Å². The summed E-state index contributed by atoms with van der Waals surface area (Å²) in [5, 5.41) is 18.8. The number of nitrogens with one attached hydrogen (secondary N) is 1. The van der Waals surface area contributed by atoms with Gasteiger partial charge in [0.1, 0.15) is 11.9 Å². The van der Waals surface area contributed by atoms with E-state index in [1.165, 1.54) is 11.8 Å². The van der Waals surface area contributed by atoms with E-state index in [9.17, 15) is 9.59 Å². The number of benzene rings is 2. The minimum Gasteiger partial charge on any atom is -0.493 e. The van der Waals surface area contributed by atoms with Gasteiger partial charge in [0.15, 0.2) is 16.7 Å². The first-order valence-corrected chi connectivity index (χ1v) is 9.99. The number of rotatable bonds is 8. The van der Waals surface area contributed by atoms with Crippen LogP contribution in [0.2, 0.25) is 0 Å². The van der Waals surface area contributed by atoms with E-state index in [2.05, 4.69) is 15.5 Å². The molecule has 0 radical (unpaired) electrons. The number of carboxylic acid groups (broad SMARTS) is 1. The average Bonchev–Trinajstić information content (AvgIpc) is 3.06. The van der Waals surface area contributed by atoms with E-state index in [4.69, 9.17) is 14.6 Å². The first-order chi connectivity index (χ1) is 14.4. The summed E-state index contributed by atoms with van der Waals surface area (Å²) >= 11 is 1.05. The van der Waals surface area contributed by atoms with Crippen LogP contribution in [0.25, 0.3) is 0 Å². The minimum absolute atomic E-state index is 0.263. The maximum absolute atomic E-state index is 11.7. The van der Waals surface area contributed by atoms with Crippen LogP contribution in [0.4, 0.5) is 0 Å². The number of carbonyl (C=O) groups excluding carboxylic acids is 1. The number of carboxylic acids is 1. The molecular formula is C21H21N3O5S. The van der Waals surface area contributed by atoms with Crippen LogP contribution in [-0.4, -0.2) is 40.7 Å². The number of amidine groups is 1. The molecule has 2 aromatic carbocycles. The van der Waals surface area contributed by atoms with Gasteiger partial charge in [0.25, 0.3) is 0 Å². The van der Waals surface area contributed by atoms with E-state index in [1.807, 2.05) is 37.3 Å². The van der Waals surface area contributed by atoms with Crippen LogP contribution in [0.3, 0.4) is 0 Å². The molecule has 1 saturated heterocycles. The molecule has 0 aliphatic carbocycles. The summed E-state index contributed by atoms with van der Waals surface area (Å²) in [6.07, 6.45) is 1.25. The van der Waals surface area contributed by atoms with Gasteiger partial charge in [-0.3, -0.25) is 9.59 Å². The molecule has 1 amide bonds. The van der Waals surface area contributed by atoms with Gasteiger partial charge in [-0.2, -0.15) is 5.10 Å². The zero-order valence-electron chi connectivity index (χ0n) is 16.5. The molecule has 2 aromatic rings. The van der Waals surface area contributed by atoms with Crippen molar-refractivity contribution in [2.45, 2.75) is 25.2 Å². The SMILES string of the molecule is COc1cc(/C=N\N=C2\NC(=O)[C@@H](CC(=O)O)S2)ccc1OCc1ccc(C)cc1. The standard InChI is InChI=1S/C21H21N3O5S/c1-13-3-5-14(6-4-13)12-29-16-8-7-15(9-17(16)28-2)11-22-24-21-23-20(27)18(30-21)10-19(25)26/h3-9,11,18H,10,12H2,1-2H3,(H,25,26)(H,23,24,27)/b22-11-/t18-/m1/s1. The van der Waals surface area contributed by atoms with Crippen molar-refractivity contribution in [3.05, 3.63) is 59.2 Å². The van der Waals surface area contributed by atoms with E-state index in [0.29, 0.717) is 18.1 Å². The van der Waals surface area contributed by atoms with Gasteiger partial charge in [0.2, 0.25) is 5.91 Å². The molecule has 156 valence electrons. The van der Waals surface area contributed by atoms with Crippen molar-refractivity contribution < 1.29 is 24.2 Å². The summed E-state index contributed by atoms with van der Waals surface area (Å²) < 4.78 is 11.3. The van der Waals surface area contributed by atoms with E-state index in [-0.39, 0.29) is 17.5 Å². The van der Waals surface area contributed by atoms with Gasteiger partial charge >= 0.3 is 5.97 Å². The predicted octanol–water partition coefficient (Wildman–Crippen LogP) is 2.98. The topological polar surface area (TPSA) is 110 Å². The molecular weight excluding hydrogens is 406 g/mol. The summed E-state index contributed by atoms with van der Waals surface area (Å²) in [5.41, 5.74) is 2.98. The molecule has 1 fully saturated rings. The Labute approximate surface area is 178 Å². The highest BCUT2D eigenvalue weighted by Gasteiger charge is 2.32. The lowest BCUT2D eigenvalue weighted by atomic mass is 10.2. The average molecular weight is 427 g/mol. The van der Waals surface area contributed by atoms with Crippen molar-refractivity contribution in [3.63, 3.8) is 0 Å². The molecule has 1 aliphatic rings. The Bertz CT molecular complexity index is 989. The van der Waals surface area contributed by atoms with Crippen LogP contribution < -0.4 is 14.8 Å². The van der Waals surface area contributed by atoms with Crippen LogP contribution in [0.5, 0.6) is 11.5 Å². The molecule has 3 rings (SSSR count). The Morgan fingerprint density at radius 2 is 2.00 bits per heavy atom. The molecule has 2 N–H and O–H groups in total. The second kappa shape index (κ2) is 9.93. The van der Waals surface area contributed by atoms with Crippen molar-refractivity contribution in [2.75, 3.05) is 7.11 Å². The maximum atomic E-state index is 11.7. The number of ether oxygens (including phenoxy) is 2. The third kappa shape index (κ3) is 5.84. The van der Waals surface area contributed by atoms with Gasteiger partial charge in [-0.05, 0) is 36.2 Å². The summed E-state index contributed by atoms with van der Waals surface area (Å²) in [6.45, 7) is 2.46. The van der Waals surface area contributed by atoms with E-state index < -0.39 is 11.2 Å². The molecule has 8 nitrogen and oxygen atoms in total. The number of carbonyl (C=O) groups is 2. The van der Waals surface area contributed by atoms with Crippen LogP contribution >= 0.6 is 11.8 Å². The normalized spacial score (nSPS) is 17.3. The molecule has 9 heteroatoms. The molecule has 0 spiro atoms. The van der Waals surface area contributed by atoms with Gasteiger partial charge in [-0.15, -0.1) is 5.10 Å². The summed E-state index contributed by atoms with van der Waals surface area (Å²) in [5.74, 6) is -0.252. The number of aryl methyl sites for hydroxylation is 1. The number of amides is 1. The van der Waals surface area contributed by atoms with Gasteiger partial charge in [-0.1, -0.05) is 41.6 Å². The second-order valence-corrected chi connectivity index (χ2v) is 7.72. The van der Waals surface area contributed by atoms with Gasteiger partial charge in [0.05, 0.1) is 19.7 Å². The molecule has 0 unspecified atom stereocenters. The van der Waals surface area contributed by atoms with Crippen molar-refractivity contribution in [1.29, 1.82) is 0 Å². The summed E-state index contributed by atoms with van der Waals surface area (Å²) in [6, 6.07) is 13.5. The highest BCUT2D eigenvalue weighted by atomic mass is 32.2. The maximum Gasteiger partial charge on any atom is 0.305 e. The monoisotopic (exact) mass is 427 g/mol. The Balaban J connectivity index is 1.62. The van der Waals surface area contributed by atoms with Crippen LogP contribution in [-0.2, 0) is 16.2 Å². The Kier molecular flexibility index (Phi) is 7.08. The number of aliphatic carboxylic acids is 1. The van der Waals surface area contributed by atoms with Crippen molar-refractivity contribution >= 4 is 35.0 Å². The van der Waals surface area contributed by atoms with Gasteiger partial charge in [-0.25, -0.2) is 0 Å². The van der Waals surface area contributed by atoms with Crippen LogP contribution in [0.1, 0.15) is 23.1 Å². The van der Waals surface area contributed by atoms with Crippen LogP contribution in [0, 0.1) is 6.92 Å². The lowest BCUT2D eigenvalue weighted by Gasteiger charge is -2.11. The number of nitrogens with zero attached hydrogens (tertiary/aromatic N) is 2. The van der Waals surface area contributed by atoms with E-state index in [1.54, 1.807) is 19.2 Å². The zero-order valence-corrected chi connectivity index (χ0v) is 17.3. The zero-order chi connectivity index (χ0) is 21.5. The molecule has 1 aliphatic heterocycles. The number of thioether (sulfide) groups is 1. The fourth-order valence-corrected chi connectivity index (χ4v) is 3.54. The van der Waals surface area contributed by atoms with Crippen LogP contribution in [0.15, 0.2) is 52.7 Å². The Morgan fingerprint density at radius 1 is 1.23 bits per heavy atom. The Morgan fingerprint density at radius 3 is 2.70 bits per heavy atom. The third-order valence-corrected chi connectivity index (χ3v) is 5.27. The highest BCUT2D eigenvalue weighted by Crippen LogP contribution is 2.28. The summed E-state index contributed by atoms with van der Waals surface area (Å²) in [7, 11) is 1.56. The molecule has 30 heavy (non-hydrogen) atoms. The van der Waals surface area contributed by atoms with E-state index in [0.717, 1.165) is 22.9 Å². The number of methoxy groups -OCH3 is 1. The predicted molar refractivity (Wildman–Crippen MR) is 115 cm³/mol. The van der Waals surface area contributed by atoms with Crippen molar-refractivity contribution in [3.8, 4) is 11.5 Å². The molecule has 1 heterocycles. The smallest absolute Gasteiger partial charge is 0.305 e. The molecule has 1 atom stereocenters. The fraction of sp³-hybridized carbons (Fsp3) is 0.238. The molecule has 0 aromatic heterocycles. The summed E-state index contributed by atoms with van der Waals surface area (Å²) in [4.78, 5) is 22.4. The number of hydrogen-bond donors (Lipinski definition) is 2. The lowest BCUT2D eigenvalue weighted by molar-refractivity contribution is -0.138. The fourth-order valence-electron chi connectivity index (χ4n) is 2.62. The number of hydrogen-bond acceptors (Lipinski definition) is 7. The van der Waals surface area contributed by atoms with Crippen molar-refractivity contribution in [2.24, 2.45) is 10.2 Å². The third-order valence-electron chi connectivity index (χ3n) is 4.19. The van der Waals surface area contributed by atoms with Gasteiger partial charge < -0.3 is 19.9 Å². The molecule has 0 saturated carbocycles.